The minimum absolute atomic E-state index is 0.223. The standard InChI is InChI=1S/C23H24N4O2/c28-22-12-11-21(25-27(22)17-18-7-3-1-4-8-18)23(29)24-15-19-13-14-26(16-19)20-9-5-2-6-10-20/h1-12,19H,13-17H2,(H,24,29). The van der Waals surface area contributed by atoms with Crippen LogP contribution in [0.4, 0.5) is 5.69 Å². The molecule has 2 aromatic carbocycles. The number of nitrogens with one attached hydrogen (secondary N) is 1. The van der Waals surface area contributed by atoms with Gasteiger partial charge in [0.05, 0.1) is 6.54 Å². The van der Waals surface area contributed by atoms with Crippen molar-refractivity contribution in [1.29, 1.82) is 0 Å². The number of para-hydroxylation sites is 1. The van der Waals surface area contributed by atoms with E-state index in [1.807, 2.05) is 48.5 Å². The maximum atomic E-state index is 12.6. The Kier molecular flexibility index (Phi) is 5.70. The van der Waals surface area contributed by atoms with E-state index in [2.05, 4.69) is 27.4 Å². The average molecular weight is 388 g/mol. The maximum absolute atomic E-state index is 12.6. The highest BCUT2D eigenvalue weighted by Crippen LogP contribution is 2.22. The number of aromatic nitrogens is 2. The van der Waals surface area contributed by atoms with E-state index in [4.69, 9.17) is 0 Å². The molecule has 1 aliphatic rings. The fraction of sp³-hybridized carbons (Fsp3) is 0.261. The molecule has 1 atom stereocenters. The van der Waals surface area contributed by atoms with Crippen LogP contribution in [0.1, 0.15) is 22.5 Å². The highest BCUT2D eigenvalue weighted by atomic mass is 16.2. The van der Waals surface area contributed by atoms with E-state index in [0.29, 0.717) is 19.0 Å². The lowest BCUT2D eigenvalue weighted by molar-refractivity contribution is 0.0940. The first kappa shape index (κ1) is 18.9. The first-order valence-electron chi connectivity index (χ1n) is 9.89. The summed E-state index contributed by atoms with van der Waals surface area (Å²) in [5.41, 5.74) is 2.22. The van der Waals surface area contributed by atoms with E-state index in [0.717, 1.165) is 25.1 Å². The average Bonchev–Trinajstić information content (AvgIpc) is 3.24. The minimum Gasteiger partial charge on any atom is -0.371 e. The number of nitrogens with zero attached hydrogens (tertiary/aromatic N) is 3. The third-order valence-corrected chi connectivity index (χ3v) is 5.23. The van der Waals surface area contributed by atoms with Gasteiger partial charge in [-0.2, -0.15) is 5.10 Å². The third kappa shape index (κ3) is 4.71. The molecule has 0 bridgehead atoms. The van der Waals surface area contributed by atoms with Crippen LogP contribution in [0.25, 0.3) is 0 Å². The Morgan fingerprint density at radius 1 is 1.00 bits per heavy atom. The summed E-state index contributed by atoms with van der Waals surface area (Å²) in [4.78, 5) is 27.0. The van der Waals surface area contributed by atoms with Gasteiger partial charge in [-0.05, 0) is 36.1 Å². The van der Waals surface area contributed by atoms with Gasteiger partial charge in [0.1, 0.15) is 5.69 Å². The Morgan fingerprint density at radius 2 is 1.72 bits per heavy atom. The van der Waals surface area contributed by atoms with Crippen molar-refractivity contribution in [3.05, 3.63) is 94.4 Å². The summed E-state index contributed by atoms with van der Waals surface area (Å²) in [6.07, 6.45) is 1.04. The number of amides is 1. The van der Waals surface area contributed by atoms with Crippen molar-refractivity contribution in [3.63, 3.8) is 0 Å². The van der Waals surface area contributed by atoms with E-state index < -0.39 is 0 Å². The smallest absolute Gasteiger partial charge is 0.271 e. The number of benzene rings is 2. The van der Waals surface area contributed by atoms with Gasteiger partial charge >= 0.3 is 0 Å². The minimum atomic E-state index is -0.245. The topological polar surface area (TPSA) is 67.2 Å². The van der Waals surface area contributed by atoms with Gasteiger partial charge in [-0.1, -0.05) is 48.5 Å². The summed E-state index contributed by atoms with van der Waals surface area (Å²) >= 11 is 0. The lowest BCUT2D eigenvalue weighted by atomic mass is 10.1. The number of hydrogen-bond donors (Lipinski definition) is 1. The molecule has 2 heterocycles. The molecule has 1 N–H and O–H groups in total. The van der Waals surface area contributed by atoms with Crippen LogP contribution in [0.2, 0.25) is 0 Å². The summed E-state index contributed by atoms with van der Waals surface area (Å²) in [5, 5.41) is 7.24. The fourth-order valence-electron chi connectivity index (χ4n) is 3.64. The van der Waals surface area contributed by atoms with E-state index in [1.165, 1.54) is 22.5 Å². The van der Waals surface area contributed by atoms with Gasteiger partial charge in [0.15, 0.2) is 0 Å². The summed E-state index contributed by atoms with van der Waals surface area (Å²) in [6.45, 7) is 2.85. The lowest BCUT2D eigenvalue weighted by Crippen LogP contribution is -2.33. The van der Waals surface area contributed by atoms with Crippen molar-refractivity contribution in [2.45, 2.75) is 13.0 Å². The highest BCUT2D eigenvalue weighted by molar-refractivity contribution is 5.92. The van der Waals surface area contributed by atoms with Gasteiger partial charge in [-0.15, -0.1) is 0 Å². The molecule has 0 aliphatic carbocycles. The Bertz CT molecular complexity index is 1020. The molecule has 0 spiro atoms. The molecule has 0 radical (unpaired) electrons. The van der Waals surface area contributed by atoms with Gasteiger partial charge < -0.3 is 10.2 Å². The molecule has 1 amide bonds. The number of anilines is 1. The molecule has 6 nitrogen and oxygen atoms in total. The molecule has 3 aromatic rings. The summed E-state index contributed by atoms with van der Waals surface area (Å²) in [7, 11) is 0. The molecule has 0 saturated carbocycles. The van der Waals surface area contributed by atoms with E-state index in [1.54, 1.807) is 0 Å². The molecule has 4 rings (SSSR count). The Morgan fingerprint density at radius 3 is 2.48 bits per heavy atom. The lowest BCUT2D eigenvalue weighted by Gasteiger charge is -2.18. The summed E-state index contributed by atoms with van der Waals surface area (Å²) in [6, 6.07) is 22.8. The first-order valence-corrected chi connectivity index (χ1v) is 9.89. The quantitative estimate of drug-likeness (QED) is 0.705. The van der Waals surface area contributed by atoms with Crippen LogP contribution >= 0.6 is 0 Å². The molecule has 1 fully saturated rings. The SMILES string of the molecule is O=C(NCC1CCN(c2ccccc2)C1)c1ccc(=O)n(Cc2ccccc2)n1. The molecule has 6 heteroatoms. The van der Waals surface area contributed by atoms with Gasteiger partial charge in [0.2, 0.25) is 0 Å². The Balaban J connectivity index is 1.35. The molecule has 1 aromatic heterocycles. The van der Waals surface area contributed by atoms with Crippen molar-refractivity contribution >= 4 is 11.6 Å². The monoisotopic (exact) mass is 388 g/mol. The van der Waals surface area contributed by atoms with E-state index in [-0.39, 0.29) is 17.2 Å². The van der Waals surface area contributed by atoms with Gasteiger partial charge in [-0.25, -0.2) is 4.68 Å². The predicted molar refractivity (Wildman–Crippen MR) is 113 cm³/mol. The summed E-state index contributed by atoms with van der Waals surface area (Å²) < 4.78 is 1.33. The molecule has 1 aliphatic heterocycles. The van der Waals surface area contributed by atoms with Crippen molar-refractivity contribution in [1.82, 2.24) is 15.1 Å². The molecule has 29 heavy (non-hydrogen) atoms. The normalized spacial score (nSPS) is 16.0. The van der Waals surface area contributed by atoms with Crippen LogP contribution in [0.15, 0.2) is 77.6 Å². The van der Waals surface area contributed by atoms with Crippen molar-refractivity contribution in [3.8, 4) is 0 Å². The second-order valence-electron chi connectivity index (χ2n) is 7.35. The van der Waals surface area contributed by atoms with E-state index in [9.17, 15) is 9.59 Å². The molecule has 1 unspecified atom stereocenters. The van der Waals surface area contributed by atoms with Crippen LogP contribution in [0.3, 0.4) is 0 Å². The molecular weight excluding hydrogens is 364 g/mol. The summed E-state index contributed by atoms with van der Waals surface area (Å²) in [5.74, 6) is 0.152. The van der Waals surface area contributed by atoms with Crippen LogP contribution in [0.5, 0.6) is 0 Å². The van der Waals surface area contributed by atoms with Crippen molar-refractivity contribution in [2.24, 2.45) is 5.92 Å². The largest absolute Gasteiger partial charge is 0.371 e. The second-order valence-corrected chi connectivity index (χ2v) is 7.35. The fourth-order valence-corrected chi connectivity index (χ4v) is 3.64. The van der Waals surface area contributed by atoms with Gasteiger partial charge in [0, 0.05) is 31.4 Å². The maximum Gasteiger partial charge on any atom is 0.271 e. The Labute approximate surface area is 169 Å². The van der Waals surface area contributed by atoms with Crippen LogP contribution in [0, 0.1) is 5.92 Å². The number of carbonyl (C=O) groups excluding carboxylic acids is 1. The zero-order valence-corrected chi connectivity index (χ0v) is 16.2. The number of rotatable bonds is 6. The zero-order valence-electron chi connectivity index (χ0n) is 16.2. The predicted octanol–water partition coefficient (Wildman–Crippen LogP) is 2.55. The van der Waals surface area contributed by atoms with Crippen LogP contribution in [-0.4, -0.2) is 35.3 Å². The van der Waals surface area contributed by atoms with Crippen LogP contribution in [-0.2, 0) is 6.54 Å². The molecule has 1 saturated heterocycles. The van der Waals surface area contributed by atoms with E-state index >= 15 is 0 Å². The van der Waals surface area contributed by atoms with Crippen molar-refractivity contribution < 1.29 is 4.79 Å². The third-order valence-electron chi connectivity index (χ3n) is 5.23. The number of hydrogen-bond acceptors (Lipinski definition) is 4. The highest BCUT2D eigenvalue weighted by Gasteiger charge is 2.23. The van der Waals surface area contributed by atoms with Gasteiger partial charge in [0.25, 0.3) is 11.5 Å². The second kappa shape index (κ2) is 8.73. The number of carbonyl (C=O) groups is 1. The Hall–Kier alpha value is -3.41. The zero-order chi connectivity index (χ0) is 20.1. The first-order chi connectivity index (χ1) is 14.2. The molecular formula is C23H24N4O2. The van der Waals surface area contributed by atoms with Gasteiger partial charge in [-0.3, -0.25) is 9.59 Å². The van der Waals surface area contributed by atoms with Crippen molar-refractivity contribution in [2.75, 3.05) is 24.5 Å². The molecule has 148 valence electrons. The van der Waals surface area contributed by atoms with Crippen LogP contribution < -0.4 is 15.8 Å².